The number of carbonyl (C=O) groups is 3. The quantitative estimate of drug-likeness (QED) is 0.603. The number of ether oxygens (including phenoxy) is 3. The molecule has 0 aliphatic heterocycles. The first-order valence-electron chi connectivity index (χ1n) is 9.31. The van der Waals surface area contributed by atoms with E-state index in [1.54, 1.807) is 56.3 Å². The lowest BCUT2D eigenvalue weighted by molar-refractivity contribution is -0.154. The van der Waals surface area contributed by atoms with E-state index in [1.165, 1.54) is 4.90 Å². The normalized spacial score (nSPS) is 11.3. The number of nitrogens with zero attached hydrogens (tertiary/aromatic N) is 1. The van der Waals surface area contributed by atoms with Crippen LogP contribution >= 0.6 is 0 Å². The lowest BCUT2D eigenvalue weighted by atomic mass is 10.2. The molecule has 2 aromatic rings. The van der Waals surface area contributed by atoms with Crippen molar-refractivity contribution in [1.29, 1.82) is 0 Å². The molecule has 0 saturated carbocycles. The Hall–Kier alpha value is -3.35. The van der Waals surface area contributed by atoms with Crippen molar-refractivity contribution < 1.29 is 28.6 Å². The third kappa shape index (κ3) is 6.95. The van der Waals surface area contributed by atoms with Crippen molar-refractivity contribution in [3.05, 3.63) is 60.2 Å². The Bertz CT molecular complexity index is 819. The van der Waals surface area contributed by atoms with Crippen molar-refractivity contribution in [2.45, 2.75) is 26.9 Å². The zero-order chi connectivity index (χ0) is 21.2. The van der Waals surface area contributed by atoms with Gasteiger partial charge in [-0.2, -0.15) is 0 Å². The summed E-state index contributed by atoms with van der Waals surface area (Å²) in [6.45, 7) is 4.59. The Balaban J connectivity index is 1.96. The van der Waals surface area contributed by atoms with Crippen LogP contribution < -0.4 is 9.64 Å². The third-order valence-corrected chi connectivity index (χ3v) is 3.97. The maximum Gasteiger partial charge on any atom is 0.347 e. The summed E-state index contributed by atoms with van der Waals surface area (Å²) in [5, 5.41) is 0. The molecule has 0 bridgehead atoms. The molecular formula is C22H25NO6. The van der Waals surface area contributed by atoms with Crippen LogP contribution in [0.4, 0.5) is 5.69 Å². The lowest BCUT2D eigenvalue weighted by Crippen LogP contribution is -2.40. The molecule has 7 nitrogen and oxygen atoms in total. The SMILES string of the molecule is CCOC(=O)CN(C(=O)COC(=O)C(C)Oc1ccc(C)cc1)c1ccccc1. The predicted molar refractivity (Wildman–Crippen MR) is 108 cm³/mol. The summed E-state index contributed by atoms with van der Waals surface area (Å²) in [6.07, 6.45) is -0.888. The Kier molecular flexibility index (Phi) is 8.21. The number of carbonyl (C=O) groups excluding carboxylic acids is 3. The molecule has 1 unspecified atom stereocenters. The molecule has 1 amide bonds. The number of hydrogen-bond donors (Lipinski definition) is 0. The van der Waals surface area contributed by atoms with Gasteiger partial charge in [0, 0.05) is 5.69 Å². The molecule has 2 rings (SSSR count). The topological polar surface area (TPSA) is 82.1 Å². The lowest BCUT2D eigenvalue weighted by Gasteiger charge is -2.22. The van der Waals surface area contributed by atoms with E-state index in [0.717, 1.165) is 5.56 Å². The van der Waals surface area contributed by atoms with Crippen LogP contribution in [-0.4, -0.2) is 43.7 Å². The molecule has 2 aromatic carbocycles. The molecule has 1 atom stereocenters. The molecule has 7 heteroatoms. The van der Waals surface area contributed by atoms with E-state index in [-0.39, 0.29) is 13.2 Å². The molecule has 154 valence electrons. The largest absolute Gasteiger partial charge is 0.479 e. The second kappa shape index (κ2) is 10.8. The van der Waals surface area contributed by atoms with E-state index in [4.69, 9.17) is 14.2 Å². The first-order chi connectivity index (χ1) is 13.9. The van der Waals surface area contributed by atoms with Gasteiger partial charge in [-0.05, 0) is 45.0 Å². The van der Waals surface area contributed by atoms with E-state index in [2.05, 4.69) is 0 Å². The summed E-state index contributed by atoms with van der Waals surface area (Å²) in [5.74, 6) is -1.24. The van der Waals surface area contributed by atoms with E-state index in [9.17, 15) is 14.4 Å². The molecular weight excluding hydrogens is 374 g/mol. The molecule has 0 heterocycles. The van der Waals surface area contributed by atoms with Crippen LogP contribution in [0.25, 0.3) is 0 Å². The molecule has 0 N–H and O–H groups in total. The van der Waals surface area contributed by atoms with E-state index < -0.39 is 30.6 Å². The van der Waals surface area contributed by atoms with Gasteiger partial charge in [0.1, 0.15) is 12.3 Å². The van der Waals surface area contributed by atoms with Crippen LogP contribution in [0.5, 0.6) is 5.75 Å². The highest BCUT2D eigenvalue weighted by atomic mass is 16.6. The van der Waals surface area contributed by atoms with Crippen molar-refractivity contribution in [3.63, 3.8) is 0 Å². The number of benzene rings is 2. The summed E-state index contributed by atoms with van der Waals surface area (Å²) < 4.78 is 15.6. The maximum atomic E-state index is 12.6. The van der Waals surface area contributed by atoms with Gasteiger partial charge in [-0.15, -0.1) is 0 Å². The molecule has 0 aromatic heterocycles. The average Bonchev–Trinajstić information content (AvgIpc) is 2.72. The number of aryl methyl sites for hydroxylation is 1. The first kappa shape index (κ1) is 21.9. The van der Waals surface area contributed by atoms with E-state index in [1.807, 2.05) is 19.1 Å². The number of rotatable bonds is 9. The van der Waals surface area contributed by atoms with Crippen molar-refractivity contribution >= 4 is 23.5 Å². The van der Waals surface area contributed by atoms with Crippen molar-refractivity contribution in [1.82, 2.24) is 0 Å². The fraction of sp³-hybridized carbons (Fsp3) is 0.318. The molecule has 0 radical (unpaired) electrons. The summed E-state index contributed by atoms with van der Waals surface area (Å²) in [6, 6.07) is 15.9. The van der Waals surface area contributed by atoms with Gasteiger partial charge in [-0.25, -0.2) is 4.79 Å². The Morgan fingerprint density at radius 1 is 0.966 bits per heavy atom. The minimum atomic E-state index is -0.888. The third-order valence-electron chi connectivity index (χ3n) is 3.97. The molecule has 0 aliphatic carbocycles. The second-order valence-electron chi connectivity index (χ2n) is 6.30. The van der Waals surface area contributed by atoms with Crippen LogP contribution in [0.3, 0.4) is 0 Å². The average molecular weight is 399 g/mol. The van der Waals surface area contributed by atoms with E-state index in [0.29, 0.717) is 11.4 Å². The maximum absolute atomic E-state index is 12.6. The van der Waals surface area contributed by atoms with Gasteiger partial charge in [0.05, 0.1) is 6.61 Å². The Morgan fingerprint density at radius 2 is 1.62 bits per heavy atom. The van der Waals surface area contributed by atoms with Crippen molar-refractivity contribution in [2.75, 3.05) is 24.7 Å². The monoisotopic (exact) mass is 399 g/mol. The van der Waals surface area contributed by atoms with Crippen LogP contribution in [0.2, 0.25) is 0 Å². The Morgan fingerprint density at radius 3 is 2.24 bits per heavy atom. The van der Waals surface area contributed by atoms with Crippen LogP contribution in [0.1, 0.15) is 19.4 Å². The van der Waals surface area contributed by atoms with Gasteiger partial charge in [-0.1, -0.05) is 35.9 Å². The van der Waals surface area contributed by atoms with Gasteiger partial charge in [0.2, 0.25) is 0 Å². The minimum absolute atomic E-state index is 0.207. The smallest absolute Gasteiger partial charge is 0.347 e. The van der Waals surface area contributed by atoms with Crippen molar-refractivity contribution in [2.24, 2.45) is 0 Å². The Labute approximate surface area is 170 Å². The van der Waals surface area contributed by atoms with Gasteiger partial charge >= 0.3 is 11.9 Å². The summed E-state index contributed by atoms with van der Waals surface area (Å²) in [5.41, 5.74) is 1.58. The molecule has 0 fully saturated rings. The van der Waals surface area contributed by atoms with E-state index >= 15 is 0 Å². The number of esters is 2. The standard InChI is InChI=1S/C22H25NO6/c1-4-27-21(25)14-23(18-8-6-5-7-9-18)20(24)15-28-22(26)17(3)29-19-12-10-16(2)11-13-19/h5-13,17H,4,14-15H2,1-3H3. The number of anilines is 1. The number of para-hydroxylation sites is 1. The van der Waals surface area contributed by atoms with Crippen LogP contribution in [0.15, 0.2) is 54.6 Å². The summed E-state index contributed by atoms with van der Waals surface area (Å²) in [4.78, 5) is 37.9. The molecule has 0 aliphatic rings. The molecule has 0 saturated heterocycles. The number of hydrogen-bond acceptors (Lipinski definition) is 6. The zero-order valence-corrected chi connectivity index (χ0v) is 16.8. The van der Waals surface area contributed by atoms with Gasteiger partial charge in [0.15, 0.2) is 12.7 Å². The highest BCUT2D eigenvalue weighted by Gasteiger charge is 2.23. The first-order valence-corrected chi connectivity index (χ1v) is 9.31. The minimum Gasteiger partial charge on any atom is -0.479 e. The summed E-state index contributed by atoms with van der Waals surface area (Å²) >= 11 is 0. The fourth-order valence-corrected chi connectivity index (χ4v) is 2.46. The highest BCUT2D eigenvalue weighted by molar-refractivity contribution is 5.99. The summed E-state index contributed by atoms with van der Waals surface area (Å²) in [7, 11) is 0. The van der Waals surface area contributed by atoms with Crippen LogP contribution in [-0.2, 0) is 23.9 Å². The van der Waals surface area contributed by atoms with Crippen LogP contribution in [0, 0.1) is 6.92 Å². The van der Waals surface area contributed by atoms with Gasteiger partial charge in [-0.3, -0.25) is 14.5 Å². The predicted octanol–water partition coefficient (Wildman–Crippen LogP) is 2.90. The zero-order valence-electron chi connectivity index (χ0n) is 16.8. The number of amides is 1. The van der Waals surface area contributed by atoms with Gasteiger partial charge < -0.3 is 14.2 Å². The van der Waals surface area contributed by atoms with Gasteiger partial charge in [0.25, 0.3) is 5.91 Å². The van der Waals surface area contributed by atoms with Crippen molar-refractivity contribution in [3.8, 4) is 5.75 Å². The molecule has 0 spiro atoms. The molecule has 29 heavy (non-hydrogen) atoms. The highest BCUT2D eigenvalue weighted by Crippen LogP contribution is 2.15. The second-order valence-corrected chi connectivity index (χ2v) is 6.30. The fourth-order valence-electron chi connectivity index (χ4n) is 2.46.